The van der Waals surface area contributed by atoms with Gasteiger partial charge >= 0.3 is 0 Å². The molecule has 0 saturated carbocycles. The average Bonchev–Trinajstić information content (AvgIpc) is 2.81. The Morgan fingerprint density at radius 2 is 1.97 bits per heavy atom. The molecule has 2 saturated heterocycles. The number of aromatic nitrogens is 2. The van der Waals surface area contributed by atoms with E-state index in [-0.39, 0.29) is 28.2 Å². The quantitative estimate of drug-likeness (QED) is 0.683. The summed E-state index contributed by atoms with van der Waals surface area (Å²) in [5, 5.41) is 7.75. The smallest absolute Gasteiger partial charge is 0.287 e. The molecule has 0 unspecified atom stereocenters. The number of nitrogens with one attached hydrogen (secondary N) is 1. The van der Waals surface area contributed by atoms with Gasteiger partial charge in [-0.05, 0) is 50.7 Å². The largest absolute Gasteiger partial charge is 0.382 e. The van der Waals surface area contributed by atoms with Crippen molar-refractivity contribution in [2.24, 2.45) is 5.92 Å². The fourth-order valence-electron chi connectivity index (χ4n) is 4.66. The molecule has 2 fully saturated rings. The van der Waals surface area contributed by atoms with Crippen molar-refractivity contribution in [1.82, 2.24) is 14.7 Å². The third kappa shape index (κ3) is 4.97. The van der Waals surface area contributed by atoms with Gasteiger partial charge in [-0.15, -0.1) is 0 Å². The molecule has 2 aliphatic rings. The van der Waals surface area contributed by atoms with E-state index < -0.39 is 11.6 Å². The van der Waals surface area contributed by atoms with E-state index in [1.54, 1.807) is 13.1 Å². The summed E-state index contributed by atoms with van der Waals surface area (Å²) in [6, 6.07) is 3.44. The van der Waals surface area contributed by atoms with Crippen LogP contribution in [0.2, 0.25) is 5.02 Å². The number of hydrogen-bond acceptors (Lipinski definition) is 5. The van der Waals surface area contributed by atoms with Gasteiger partial charge in [-0.25, -0.2) is 13.5 Å². The maximum Gasteiger partial charge on any atom is 0.287 e. The molecule has 6 nitrogen and oxygen atoms in total. The van der Waals surface area contributed by atoms with Crippen LogP contribution < -0.4 is 10.9 Å². The van der Waals surface area contributed by atoms with E-state index >= 15 is 0 Å². The summed E-state index contributed by atoms with van der Waals surface area (Å²) < 4.78 is 35.3. The lowest BCUT2D eigenvalue weighted by molar-refractivity contribution is 0.0595. The van der Waals surface area contributed by atoms with Crippen LogP contribution in [-0.4, -0.2) is 47.5 Å². The molecule has 2 atom stereocenters. The highest BCUT2D eigenvalue weighted by Crippen LogP contribution is 2.31. The average molecular weight is 467 g/mol. The predicted molar refractivity (Wildman–Crippen MR) is 120 cm³/mol. The van der Waals surface area contributed by atoms with Crippen molar-refractivity contribution in [3.8, 4) is 0 Å². The van der Waals surface area contributed by atoms with E-state index in [9.17, 15) is 13.6 Å². The lowest BCUT2D eigenvalue weighted by Crippen LogP contribution is -2.40. The first kappa shape index (κ1) is 23.1. The van der Waals surface area contributed by atoms with Gasteiger partial charge in [0.1, 0.15) is 16.7 Å². The van der Waals surface area contributed by atoms with E-state index in [1.165, 1.54) is 22.9 Å². The van der Waals surface area contributed by atoms with Crippen LogP contribution >= 0.6 is 11.6 Å². The summed E-state index contributed by atoms with van der Waals surface area (Å²) in [6.45, 7) is 5.22. The minimum absolute atomic E-state index is 0.0862. The van der Waals surface area contributed by atoms with Crippen LogP contribution in [0.25, 0.3) is 0 Å². The van der Waals surface area contributed by atoms with Gasteiger partial charge in [0.15, 0.2) is 0 Å². The summed E-state index contributed by atoms with van der Waals surface area (Å²) >= 11 is 6.37. The third-order valence-electron chi connectivity index (χ3n) is 6.59. The Kier molecular flexibility index (Phi) is 7.43. The van der Waals surface area contributed by atoms with Crippen LogP contribution in [-0.2, 0) is 4.74 Å². The Morgan fingerprint density at radius 1 is 1.25 bits per heavy atom. The summed E-state index contributed by atoms with van der Waals surface area (Å²) in [4.78, 5) is 14.9. The van der Waals surface area contributed by atoms with E-state index in [0.29, 0.717) is 50.7 Å². The first-order valence-electron chi connectivity index (χ1n) is 11.2. The highest BCUT2D eigenvalue weighted by atomic mass is 35.5. The highest BCUT2D eigenvalue weighted by Gasteiger charge is 2.29. The molecule has 1 N–H and O–H groups in total. The van der Waals surface area contributed by atoms with Crippen molar-refractivity contribution in [3.63, 3.8) is 0 Å². The van der Waals surface area contributed by atoms with Gasteiger partial charge in [-0.1, -0.05) is 17.7 Å². The Morgan fingerprint density at radius 3 is 2.62 bits per heavy atom. The lowest BCUT2D eigenvalue weighted by Gasteiger charge is -2.36. The number of benzene rings is 1. The summed E-state index contributed by atoms with van der Waals surface area (Å²) in [7, 11) is 0. The van der Waals surface area contributed by atoms with Gasteiger partial charge in [0.05, 0.1) is 24.5 Å². The second-order valence-corrected chi connectivity index (χ2v) is 9.04. The normalized spacial score (nSPS) is 21.4. The van der Waals surface area contributed by atoms with Crippen LogP contribution in [0.4, 0.5) is 14.5 Å². The van der Waals surface area contributed by atoms with Crippen LogP contribution in [0, 0.1) is 17.6 Å². The van der Waals surface area contributed by atoms with Gasteiger partial charge in [0.25, 0.3) is 5.56 Å². The zero-order valence-corrected chi connectivity index (χ0v) is 19.0. The number of piperidine rings is 1. The Balaban J connectivity index is 1.39. The molecule has 1 aromatic carbocycles. The zero-order valence-electron chi connectivity index (χ0n) is 18.2. The maximum atomic E-state index is 14.2. The molecule has 2 aromatic rings. The van der Waals surface area contributed by atoms with Crippen LogP contribution in [0.1, 0.15) is 50.3 Å². The SMILES string of the molecule is C[C@H](c1c(F)cccc1F)N1CCC(n2ncc(NC[C@@H]3CCCOC3)c(Cl)c2=O)CC1. The molecule has 2 aliphatic heterocycles. The monoisotopic (exact) mass is 466 g/mol. The van der Waals surface area contributed by atoms with Crippen molar-refractivity contribution < 1.29 is 13.5 Å². The Bertz CT molecular complexity index is 968. The van der Waals surface area contributed by atoms with E-state index in [2.05, 4.69) is 10.4 Å². The molecule has 32 heavy (non-hydrogen) atoms. The van der Waals surface area contributed by atoms with Crippen molar-refractivity contribution in [2.75, 3.05) is 38.2 Å². The Hall–Kier alpha value is -2.03. The maximum absolute atomic E-state index is 14.2. The number of rotatable bonds is 6. The lowest BCUT2D eigenvalue weighted by atomic mass is 9.99. The second-order valence-electron chi connectivity index (χ2n) is 8.66. The van der Waals surface area contributed by atoms with Crippen molar-refractivity contribution >= 4 is 17.3 Å². The minimum Gasteiger partial charge on any atom is -0.382 e. The molecule has 1 aromatic heterocycles. The number of ether oxygens (including phenoxy) is 1. The number of halogens is 3. The molecule has 4 rings (SSSR count). The van der Waals surface area contributed by atoms with Crippen molar-refractivity contribution in [3.05, 3.63) is 57.0 Å². The molecular weight excluding hydrogens is 438 g/mol. The molecule has 0 bridgehead atoms. The summed E-state index contributed by atoms with van der Waals surface area (Å²) in [6.07, 6.45) is 5.03. The van der Waals surface area contributed by atoms with E-state index in [4.69, 9.17) is 16.3 Å². The minimum atomic E-state index is -0.535. The van der Waals surface area contributed by atoms with E-state index in [1.807, 2.05) is 4.90 Å². The van der Waals surface area contributed by atoms with Gasteiger partial charge in [-0.3, -0.25) is 9.69 Å². The molecule has 9 heteroatoms. The molecular formula is C23H29ClF2N4O2. The van der Waals surface area contributed by atoms with Gasteiger partial charge in [-0.2, -0.15) is 5.10 Å². The topological polar surface area (TPSA) is 59.4 Å². The number of anilines is 1. The third-order valence-corrected chi connectivity index (χ3v) is 6.95. The molecule has 0 radical (unpaired) electrons. The first-order chi connectivity index (χ1) is 15.5. The Labute approximate surface area is 191 Å². The summed E-state index contributed by atoms with van der Waals surface area (Å²) in [5.74, 6) is -0.674. The molecule has 3 heterocycles. The zero-order chi connectivity index (χ0) is 22.7. The number of hydrogen-bond donors (Lipinski definition) is 1. The second kappa shape index (κ2) is 10.3. The fraction of sp³-hybridized carbons (Fsp3) is 0.565. The molecule has 0 amide bonds. The van der Waals surface area contributed by atoms with Crippen LogP contribution in [0.3, 0.4) is 0 Å². The van der Waals surface area contributed by atoms with Crippen molar-refractivity contribution in [2.45, 2.75) is 44.7 Å². The van der Waals surface area contributed by atoms with Crippen molar-refractivity contribution in [1.29, 1.82) is 0 Å². The first-order valence-corrected chi connectivity index (χ1v) is 11.6. The number of likely N-dealkylation sites (tertiary alicyclic amines) is 1. The fourth-order valence-corrected chi connectivity index (χ4v) is 4.86. The van der Waals surface area contributed by atoms with Crippen LogP contribution in [0.5, 0.6) is 0 Å². The van der Waals surface area contributed by atoms with Crippen LogP contribution in [0.15, 0.2) is 29.2 Å². The van der Waals surface area contributed by atoms with Gasteiger partial charge < -0.3 is 10.1 Å². The summed E-state index contributed by atoms with van der Waals surface area (Å²) in [5.41, 5.74) is 0.311. The number of nitrogens with zero attached hydrogens (tertiary/aromatic N) is 3. The highest BCUT2D eigenvalue weighted by molar-refractivity contribution is 6.32. The standard InChI is InChI=1S/C23H29ClF2N4O2/c1-15(21-18(25)5-2-6-19(21)26)29-9-7-17(8-10-29)30-23(31)22(24)20(13-28-30)27-12-16-4-3-11-32-14-16/h2,5-6,13,15-17,27H,3-4,7-12,14H2,1H3/t15-,16+/m1/s1. The van der Waals surface area contributed by atoms with Gasteiger partial charge in [0.2, 0.25) is 0 Å². The molecule has 174 valence electrons. The predicted octanol–water partition coefficient (Wildman–Crippen LogP) is 4.41. The van der Waals surface area contributed by atoms with E-state index in [0.717, 1.165) is 19.4 Å². The van der Waals surface area contributed by atoms with Gasteiger partial charge in [0, 0.05) is 37.8 Å². The molecule has 0 aliphatic carbocycles. The molecule has 0 spiro atoms.